The third-order valence-corrected chi connectivity index (χ3v) is 5.92. The van der Waals surface area contributed by atoms with E-state index in [1.807, 2.05) is 0 Å². The second-order valence-corrected chi connectivity index (χ2v) is 8.96. The molecule has 19 heavy (non-hydrogen) atoms. The molecule has 0 spiro atoms. The number of hydrogen-bond donors (Lipinski definition) is 1. The van der Waals surface area contributed by atoms with Crippen LogP contribution >= 0.6 is 0 Å². The largest absolute Gasteiger partial charge is 0.314 e. The summed E-state index contributed by atoms with van der Waals surface area (Å²) in [5.41, 5.74) is 0.0759. The summed E-state index contributed by atoms with van der Waals surface area (Å²) in [4.78, 5) is 2.41. The number of piperazine rings is 1. The molecular formula is C13H27N3O2S. The maximum atomic E-state index is 12.3. The number of hydrogen-bond acceptors (Lipinski definition) is 4. The zero-order valence-corrected chi connectivity index (χ0v) is 13.2. The Morgan fingerprint density at radius 1 is 1.11 bits per heavy atom. The van der Waals surface area contributed by atoms with Crippen LogP contribution in [0.5, 0.6) is 0 Å². The fourth-order valence-corrected chi connectivity index (χ4v) is 4.29. The van der Waals surface area contributed by atoms with Gasteiger partial charge in [0, 0.05) is 45.3 Å². The lowest BCUT2D eigenvalue weighted by Crippen LogP contribution is -2.62. The van der Waals surface area contributed by atoms with Crippen LogP contribution in [0.4, 0.5) is 0 Å². The van der Waals surface area contributed by atoms with Crippen LogP contribution < -0.4 is 5.32 Å². The highest BCUT2D eigenvalue weighted by atomic mass is 32.2. The Morgan fingerprint density at radius 2 is 1.68 bits per heavy atom. The highest BCUT2D eigenvalue weighted by Gasteiger charge is 2.32. The first-order valence-electron chi connectivity index (χ1n) is 7.20. The molecule has 0 amide bonds. The highest BCUT2D eigenvalue weighted by Crippen LogP contribution is 2.21. The molecule has 112 valence electrons. The molecule has 2 aliphatic rings. The van der Waals surface area contributed by atoms with Gasteiger partial charge in [-0.1, -0.05) is 20.8 Å². The van der Waals surface area contributed by atoms with Gasteiger partial charge in [0.05, 0.1) is 5.75 Å². The molecule has 0 aromatic carbocycles. The average molecular weight is 289 g/mol. The summed E-state index contributed by atoms with van der Waals surface area (Å²) in [7, 11) is -3.06. The van der Waals surface area contributed by atoms with Gasteiger partial charge in [-0.05, 0) is 11.8 Å². The standard InChI is InChI=1S/C13H27N3O2S/c1-13(2,3)4-9-19(17,18)16-7-5-15(6-8-16)12-10-14-11-12/h12,14H,4-11H2,1-3H3. The summed E-state index contributed by atoms with van der Waals surface area (Å²) in [5.74, 6) is 0.279. The van der Waals surface area contributed by atoms with E-state index in [-0.39, 0.29) is 11.2 Å². The molecule has 5 nitrogen and oxygen atoms in total. The van der Waals surface area contributed by atoms with Crippen molar-refractivity contribution in [1.29, 1.82) is 0 Å². The minimum atomic E-state index is -3.06. The van der Waals surface area contributed by atoms with Gasteiger partial charge in [0.25, 0.3) is 0 Å². The SMILES string of the molecule is CC(C)(C)CCS(=O)(=O)N1CCN(C2CNC2)CC1. The first-order chi connectivity index (χ1) is 8.78. The van der Waals surface area contributed by atoms with Crippen molar-refractivity contribution < 1.29 is 8.42 Å². The van der Waals surface area contributed by atoms with Crippen molar-refractivity contribution in [2.75, 3.05) is 45.0 Å². The molecule has 6 heteroatoms. The van der Waals surface area contributed by atoms with E-state index in [9.17, 15) is 8.42 Å². The fraction of sp³-hybridized carbons (Fsp3) is 1.00. The predicted octanol–water partition coefficient (Wildman–Crippen LogP) is 0.342. The smallest absolute Gasteiger partial charge is 0.214 e. The quantitative estimate of drug-likeness (QED) is 0.811. The highest BCUT2D eigenvalue weighted by molar-refractivity contribution is 7.89. The lowest BCUT2D eigenvalue weighted by molar-refractivity contribution is 0.103. The number of nitrogens with one attached hydrogen (secondary N) is 1. The third kappa shape index (κ3) is 4.15. The Balaban J connectivity index is 1.82. The Morgan fingerprint density at radius 3 is 2.11 bits per heavy atom. The molecular weight excluding hydrogens is 262 g/mol. The summed E-state index contributed by atoms with van der Waals surface area (Å²) in [6.07, 6.45) is 0.724. The minimum absolute atomic E-state index is 0.0759. The molecule has 0 aromatic heterocycles. The van der Waals surface area contributed by atoms with Gasteiger partial charge in [-0.2, -0.15) is 4.31 Å². The van der Waals surface area contributed by atoms with E-state index in [4.69, 9.17) is 0 Å². The molecule has 2 saturated heterocycles. The first-order valence-corrected chi connectivity index (χ1v) is 8.81. The van der Waals surface area contributed by atoms with Crippen molar-refractivity contribution >= 4 is 10.0 Å². The van der Waals surface area contributed by atoms with Crippen LogP contribution in [0.1, 0.15) is 27.2 Å². The molecule has 0 bridgehead atoms. The number of rotatable bonds is 4. The van der Waals surface area contributed by atoms with Crippen molar-refractivity contribution in [3.8, 4) is 0 Å². The lowest BCUT2D eigenvalue weighted by atomic mass is 9.94. The molecule has 2 heterocycles. The van der Waals surface area contributed by atoms with Gasteiger partial charge in [-0.25, -0.2) is 8.42 Å². The maximum absolute atomic E-state index is 12.3. The van der Waals surface area contributed by atoms with Crippen molar-refractivity contribution in [3.05, 3.63) is 0 Å². The zero-order chi connectivity index (χ0) is 14.1. The van der Waals surface area contributed by atoms with E-state index >= 15 is 0 Å². The molecule has 1 N–H and O–H groups in total. The Hall–Kier alpha value is -0.170. The van der Waals surface area contributed by atoms with Crippen molar-refractivity contribution in [3.63, 3.8) is 0 Å². The lowest BCUT2D eigenvalue weighted by Gasteiger charge is -2.42. The van der Waals surface area contributed by atoms with E-state index in [0.29, 0.717) is 19.1 Å². The summed E-state index contributed by atoms with van der Waals surface area (Å²) < 4.78 is 26.3. The van der Waals surface area contributed by atoms with E-state index in [2.05, 4.69) is 31.0 Å². The van der Waals surface area contributed by atoms with Crippen molar-refractivity contribution in [1.82, 2.24) is 14.5 Å². The molecule has 0 atom stereocenters. The van der Waals surface area contributed by atoms with Gasteiger partial charge in [-0.15, -0.1) is 0 Å². The van der Waals surface area contributed by atoms with Crippen LogP contribution in [0.3, 0.4) is 0 Å². The van der Waals surface area contributed by atoms with E-state index < -0.39 is 10.0 Å². The van der Waals surface area contributed by atoms with Gasteiger partial charge in [0.2, 0.25) is 10.0 Å². The van der Waals surface area contributed by atoms with Gasteiger partial charge >= 0.3 is 0 Å². The number of nitrogens with zero attached hydrogens (tertiary/aromatic N) is 2. The van der Waals surface area contributed by atoms with Gasteiger partial charge in [0.1, 0.15) is 0 Å². The monoisotopic (exact) mass is 289 g/mol. The van der Waals surface area contributed by atoms with Crippen molar-refractivity contribution in [2.24, 2.45) is 5.41 Å². The minimum Gasteiger partial charge on any atom is -0.314 e. The van der Waals surface area contributed by atoms with Crippen LogP contribution in [-0.2, 0) is 10.0 Å². The Bertz CT molecular complexity index is 391. The van der Waals surface area contributed by atoms with E-state index in [0.717, 1.165) is 32.6 Å². The molecule has 0 unspecified atom stereocenters. The molecule has 2 rings (SSSR count). The Labute approximate surface area is 117 Å². The second-order valence-electron chi connectivity index (χ2n) is 6.87. The van der Waals surface area contributed by atoms with Crippen molar-refractivity contribution in [2.45, 2.75) is 33.2 Å². The van der Waals surface area contributed by atoms with Crippen LogP contribution in [-0.4, -0.2) is 68.7 Å². The normalized spacial score (nSPS) is 24.4. The maximum Gasteiger partial charge on any atom is 0.214 e. The topological polar surface area (TPSA) is 52.7 Å². The zero-order valence-electron chi connectivity index (χ0n) is 12.4. The number of sulfonamides is 1. The predicted molar refractivity (Wildman–Crippen MR) is 77.7 cm³/mol. The summed E-state index contributed by atoms with van der Waals surface area (Å²) in [5, 5.41) is 3.26. The van der Waals surface area contributed by atoms with Gasteiger partial charge in [-0.3, -0.25) is 4.90 Å². The van der Waals surface area contributed by atoms with E-state index in [1.54, 1.807) is 4.31 Å². The second kappa shape index (κ2) is 5.68. The van der Waals surface area contributed by atoms with Gasteiger partial charge in [0.15, 0.2) is 0 Å². The third-order valence-electron chi connectivity index (χ3n) is 4.05. The first kappa shape index (κ1) is 15.2. The van der Waals surface area contributed by atoms with Gasteiger partial charge < -0.3 is 5.32 Å². The summed E-state index contributed by atoms with van der Waals surface area (Å²) >= 11 is 0. The Kier molecular flexibility index (Phi) is 4.55. The van der Waals surface area contributed by atoms with E-state index in [1.165, 1.54) is 0 Å². The fourth-order valence-electron chi connectivity index (χ4n) is 2.44. The summed E-state index contributed by atoms with van der Waals surface area (Å²) in [6, 6.07) is 0.624. The van der Waals surface area contributed by atoms with Crippen LogP contribution in [0.25, 0.3) is 0 Å². The molecule has 0 saturated carbocycles. The molecule has 2 aliphatic heterocycles. The molecule has 0 aliphatic carbocycles. The van der Waals surface area contributed by atoms with Crippen LogP contribution in [0, 0.1) is 5.41 Å². The molecule has 2 fully saturated rings. The van der Waals surface area contributed by atoms with Crippen LogP contribution in [0.15, 0.2) is 0 Å². The average Bonchev–Trinajstić information content (AvgIpc) is 2.24. The van der Waals surface area contributed by atoms with Crippen LogP contribution in [0.2, 0.25) is 0 Å². The summed E-state index contributed by atoms with van der Waals surface area (Å²) in [6.45, 7) is 11.4. The molecule has 0 aromatic rings. The molecule has 0 radical (unpaired) electrons.